The molecule has 0 radical (unpaired) electrons. The second-order valence-corrected chi connectivity index (χ2v) is 7.59. The van der Waals surface area contributed by atoms with Crippen molar-refractivity contribution in [3.63, 3.8) is 0 Å². The van der Waals surface area contributed by atoms with Gasteiger partial charge in [0.1, 0.15) is 10.5 Å². The number of fused-ring (bicyclic) bond motifs is 1. The Bertz CT molecular complexity index is 807. The molecule has 0 saturated carbocycles. The molecule has 4 nitrogen and oxygen atoms in total. The third kappa shape index (κ3) is 2.77. The molecule has 2 aromatic carbocycles. The lowest BCUT2D eigenvalue weighted by molar-refractivity contribution is 0.0442. The van der Waals surface area contributed by atoms with E-state index in [1.54, 1.807) is 12.1 Å². The standard InChI is InChI=1S/C16H16ClNO3S/c17-14-7-3-4-8-15(14)22(20,21)18-11-16(19)10-9-12-5-1-2-6-13(12)16/h1-8,18-19H,9-11H2/t16-/m1/s1. The van der Waals surface area contributed by atoms with Crippen LogP contribution in [0.25, 0.3) is 0 Å². The van der Waals surface area contributed by atoms with Crippen molar-refractivity contribution >= 4 is 21.6 Å². The molecule has 0 aliphatic heterocycles. The molecule has 6 heteroatoms. The Morgan fingerprint density at radius 3 is 2.59 bits per heavy atom. The summed E-state index contributed by atoms with van der Waals surface area (Å²) in [5.41, 5.74) is 0.670. The van der Waals surface area contributed by atoms with Crippen molar-refractivity contribution in [2.45, 2.75) is 23.3 Å². The van der Waals surface area contributed by atoms with Gasteiger partial charge in [-0.25, -0.2) is 13.1 Å². The van der Waals surface area contributed by atoms with Gasteiger partial charge in [-0.1, -0.05) is 48.0 Å². The Labute approximate surface area is 134 Å². The van der Waals surface area contributed by atoms with Gasteiger partial charge in [0.15, 0.2) is 0 Å². The number of benzene rings is 2. The van der Waals surface area contributed by atoms with E-state index < -0.39 is 15.6 Å². The van der Waals surface area contributed by atoms with Crippen LogP contribution in [0, 0.1) is 0 Å². The van der Waals surface area contributed by atoms with Crippen molar-refractivity contribution in [1.82, 2.24) is 4.72 Å². The predicted molar refractivity (Wildman–Crippen MR) is 85.3 cm³/mol. The van der Waals surface area contributed by atoms with Crippen LogP contribution in [-0.4, -0.2) is 20.1 Å². The molecule has 0 saturated heterocycles. The fourth-order valence-electron chi connectivity index (χ4n) is 2.81. The Balaban J connectivity index is 1.83. The summed E-state index contributed by atoms with van der Waals surface area (Å²) in [6.07, 6.45) is 1.23. The topological polar surface area (TPSA) is 66.4 Å². The van der Waals surface area contributed by atoms with Gasteiger partial charge in [-0.15, -0.1) is 0 Å². The van der Waals surface area contributed by atoms with Gasteiger partial charge in [-0.3, -0.25) is 0 Å². The number of nitrogens with one attached hydrogen (secondary N) is 1. The predicted octanol–water partition coefficient (Wildman–Crippen LogP) is 2.45. The summed E-state index contributed by atoms with van der Waals surface area (Å²) in [5, 5.41) is 10.9. The smallest absolute Gasteiger partial charge is 0.242 e. The molecule has 0 amide bonds. The van der Waals surface area contributed by atoms with Crippen molar-refractivity contribution < 1.29 is 13.5 Å². The third-order valence-corrected chi connectivity index (χ3v) is 5.91. The summed E-state index contributed by atoms with van der Waals surface area (Å²) < 4.78 is 27.2. The highest BCUT2D eigenvalue weighted by molar-refractivity contribution is 7.89. The summed E-state index contributed by atoms with van der Waals surface area (Å²) in [6.45, 7) is -0.0719. The molecule has 1 aliphatic carbocycles. The van der Waals surface area contributed by atoms with Crippen LogP contribution in [0.1, 0.15) is 17.5 Å². The summed E-state index contributed by atoms with van der Waals surface area (Å²) in [5.74, 6) is 0. The minimum atomic E-state index is -3.76. The number of hydrogen-bond acceptors (Lipinski definition) is 3. The largest absolute Gasteiger partial charge is 0.384 e. The maximum atomic E-state index is 12.4. The minimum Gasteiger partial charge on any atom is -0.384 e. The number of rotatable bonds is 4. The lowest BCUT2D eigenvalue weighted by Crippen LogP contribution is -2.39. The lowest BCUT2D eigenvalue weighted by Gasteiger charge is -2.24. The highest BCUT2D eigenvalue weighted by Crippen LogP contribution is 2.36. The van der Waals surface area contributed by atoms with Crippen LogP contribution in [-0.2, 0) is 22.0 Å². The molecule has 2 aromatic rings. The summed E-state index contributed by atoms with van der Waals surface area (Å²) in [7, 11) is -3.76. The molecule has 1 atom stereocenters. The molecule has 0 heterocycles. The Morgan fingerprint density at radius 2 is 1.82 bits per heavy atom. The molecule has 0 bridgehead atoms. The van der Waals surface area contributed by atoms with E-state index in [4.69, 9.17) is 11.6 Å². The number of aryl methyl sites for hydroxylation is 1. The van der Waals surface area contributed by atoms with Gasteiger partial charge in [0.05, 0.1) is 5.02 Å². The summed E-state index contributed by atoms with van der Waals surface area (Å²) >= 11 is 5.94. The summed E-state index contributed by atoms with van der Waals surface area (Å²) in [4.78, 5) is 0.0200. The van der Waals surface area contributed by atoms with E-state index >= 15 is 0 Å². The monoisotopic (exact) mass is 337 g/mol. The van der Waals surface area contributed by atoms with Gasteiger partial charge in [0.2, 0.25) is 10.0 Å². The fraction of sp³-hybridized carbons (Fsp3) is 0.250. The van der Waals surface area contributed by atoms with Crippen LogP contribution in [0.2, 0.25) is 5.02 Å². The minimum absolute atomic E-state index is 0.0200. The Hall–Kier alpha value is -1.40. The molecule has 1 aliphatic rings. The SMILES string of the molecule is O=S(=O)(NC[C@]1(O)CCc2ccccc21)c1ccccc1Cl. The zero-order chi connectivity index (χ0) is 15.8. The first kappa shape index (κ1) is 15.5. The second-order valence-electron chi connectivity index (χ2n) is 5.44. The molecule has 22 heavy (non-hydrogen) atoms. The van der Waals surface area contributed by atoms with Crippen LogP contribution < -0.4 is 4.72 Å². The number of hydrogen-bond donors (Lipinski definition) is 2. The van der Waals surface area contributed by atoms with Crippen molar-refractivity contribution in [3.8, 4) is 0 Å². The van der Waals surface area contributed by atoms with Crippen LogP contribution >= 0.6 is 11.6 Å². The zero-order valence-electron chi connectivity index (χ0n) is 11.8. The number of halogens is 1. The van der Waals surface area contributed by atoms with E-state index in [0.29, 0.717) is 6.42 Å². The Morgan fingerprint density at radius 1 is 1.14 bits per heavy atom. The van der Waals surface area contributed by atoms with Crippen LogP contribution in [0.5, 0.6) is 0 Å². The molecule has 116 valence electrons. The van der Waals surface area contributed by atoms with Crippen molar-refractivity contribution in [1.29, 1.82) is 0 Å². The van der Waals surface area contributed by atoms with Gasteiger partial charge in [0, 0.05) is 6.54 Å². The van der Waals surface area contributed by atoms with E-state index in [1.807, 2.05) is 24.3 Å². The molecule has 0 spiro atoms. The van der Waals surface area contributed by atoms with Gasteiger partial charge >= 0.3 is 0 Å². The van der Waals surface area contributed by atoms with E-state index in [-0.39, 0.29) is 16.5 Å². The maximum absolute atomic E-state index is 12.4. The average molecular weight is 338 g/mol. The zero-order valence-corrected chi connectivity index (χ0v) is 13.4. The van der Waals surface area contributed by atoms with Gasteiger partial charge in [-0.2, -0.15) is 0 Å². The highest BCUT2D eigenvalue weighted by Gasteiger charge is 2.37. The van der Waals surface area contributed by atoms with Crippen LogP contribution in [0.15, 0.2) is 53.4 Å². The first-order valence-corrected chi connectivity index (χ1v) is 8.83. The van der Waals surface area contributed by atoms with E-state index in [2.05, 4.69) is 4.72 Å². The number of aliphatic hydroxyl groups is 1. The van der Waals surface area contributed by atoms with Gasteiger partial charge in [0.25, 0.3) is 0 Å². The van der Waals surface area contributed by atoms with E-state index in [0.717, 1.165) is 17.5 Å². The van der Waals surface area contributed by atoms with Crippen molar-refractivity contribution in [2.75, 3.05) is 6.54 Å². The van der Waals surface area contributed by atoms with Gasteiger partial charge < -0.3 is 5.11 Å². The highest BCUT2D eigenvalue weighted by atomic mass is 35.5. The Kier molecular flexibility index (Phi) is 3.99. The molecule has 0 fully saturated rings. The van der Waals surface area contributed by atoms with Crippen molar-refractivity contribution in [3.05, 3.63) is 64.7 Å². The van der Waals surface area contributed by atoms with Crippen molar-refractivity contribution in [2.24, 2.45) is 0 Å². The average Bonchev–Trinajstić information content (AvgIpc) is 2.84. The quantitative estimate of drug-likeness (QED) is 0.900. The van der Waals surface area contributed by atoms with Crippen LogP contribution in [0.4, 0.5) is 0 Å². The lowest BCUT2D eigenvalue weighted by atomic mass is 9.96. The third-order valence-electron chi connectivity index (χ3n) is 4.01. The number of sulfonamides is 1. The second kappa shape index (κ2) is 5.66. The van der Waals surface area contributed by atoms with E-state index in [9.17, 15) is 13.5 Å². The molecule has 3 rings (SSSR count). The molecule has 0 unspecified atom stereocenters. The molecule has 2 N–H and O–H groups in total. The summed E-state index contributed by atoms with van der Waals surface area (Å²) in [6, 6.07) is 13.8. The molecular weight excluding hydrogens is 322 g/mol. The van der Waals surface area contributed by atoms with E-state index in [1.165, 1.54) is 12.1 Å². The van der Waals surface area contributed by atoms with Gasteiger partial charge in [-0.05, 0) is 36.1 Å². The first-order valence-electron chi connectivity index (χ1n) is 6.97. The normalized spacial score (nSPS) is 20.8. The molecular formula is C16H16ClNO3S. The van der Waals surface area contributed by atoms with Crippen LogP contribution in [0.3, 0.4) is 0 Å². The first-order chi connectivity index (χ1) is 10.4. The fourth-order valence-corrected chi connectivity index (χ4v) is 4.41. The maximum Gasteiger partial charge on any atom is 0.242 e. The molecule has 0 aromatic heterocycles.